The van der Waals surface area contributed by atoms with Crippen LogP contribution in [-0.4, -0.2) is 13.0 Å². The molecule has 0 atom stereocenters. The second-order valence-electron chi connectivity index (χ2n) is 5.49. The lowest BCUT2D eigenvalue weighted by Gasteiger charge is -2.09. The monoisotopic (exact) mass is 333 g/mol. The summed E-state index contributed by atoms with van der Waals surface area (Å²) in [4.78, 5) is 12.4. The summed E-state index contributed by atoms with van der Waals surface area (Å²) in [5.74, 6) is 1.15. The van der Waals surface area contributed by atoms with E-state index in [0.29, 0.717) is 29.4 Å². The quantitative estimate of drug-likeness (QED) is 0.721. The lowest BCUT2D eigenvalue weighted by atomic mass is 10.2. The maximum atomic E-state index is 12.4. The highest BCUT2D eigenvalue weighted by molar-refractivity contribution is 6.04. The highest BCUT2D eigenvalue weighted by Gasteiger charge is 2.08. The molecule has 0 saturated heterocycles. The summed E-state index contributed by atoms with van der Waals surface area (Å²) < 4.78 is 10.9. The summed E-state index contributed by atoms with van der Waals surface area (Å²) in [6.07, 6.45) is 0. The maximum Gasteiger partial charge on any atom is 0.255 e. The third kappa shape index (κ3) is 4.61. The molecule has 0 saturated carbocycles. The van der Waals surface area contributed by atoms with Gasteiger partial charge in [0, 0.05) is 17.3 Å². The van der Waals surface area contributed by atoms with Crippen LogP contribution in [0.3, 0.4) is 0 Å². The number of methoxy groups -OCH3 is 1. The zero-order chi connectivity index (χ0) is 17.5. The van der Waals surface area contributed by atoms with E-state index >= 15 is 0 Å². The van der Waals surface area contributed by atoms with Crippen molar-refractivity contribution < 1.29 is 14.3 Å². The molecule has 4 heteroatoms. The van der Waals surface area contributed by atoms with Crippen molar-refractivity contribution in [1.82, 2.24) is 0 Å². The molecule has 4 nitrogen and oxygen atoms in total. The standard InChI is InChI=1S/C21H19NO3/c1-24-19-11-6-10-18(14-19)22-21(23)17-9-5-12-20(13-17)25-15-16-7-3-2-4-8-16/h2-14H,15H2,1H3,(H,22,23). The Hall–Kier alpha value is -3.27. The van der Waals surface area contributed by atoms with E-state index in [4.69, 9.17) is 9.47 Å². The fraction of sp³-hybridized carbons (Fsp3) is 0.0952. The van der Waals surface area contributed by atoms with Crippen LogP contribution in [0.15, 0.2) is 78.9 Å². The van der Waals surface area contributed by atoms with Crippen LogP contribution in [0.4, 0.5) is 5.69 Å². The molecule has 1 amide bonds. The van der Waals surface area contributed by atoms with Gasteiger partial charge in [-0.05, 0) is 35.9 Å². The van der Waals surface area contributed by atoms with Crippen molar-refractivity contribution in [3.63, 3.8) is 0 Å². The Morgan fingerprint density at radius 3 is 2.44 bits per heavy atom. The number of amides is 1. The molecule has 0 aliphatic carbocycles. The molecule has 3 aromatic carbocycles. The summed E-state index contributed by atoms with van der Waals surface area (Å²) >= 11 is 0. The second kappa shape index (κ2) is 8.02. The van der Waals surface area contributed by atoms with Gasteiger partial charge in [0.2, 0.25) is 0 Å². The molecule has 0 bridgehead atoms. The van der Waals surface area contributed by atoms with Crippen molar-refractivity contribution in [3.8, 4) is 11.5 Å². The summed E-state index contributed by atoms with van der Waals surface area (Å²) in [6.45, 7) is 0.460. The molecule has 0 fully saturated rings. The van der Waals surface area contributed by atoms with Gasteiger partial charge in [-0.25, -0.2) is 0 Å². The molecular formula is C21H19NO3. The van der Waals surface area contributed by atoms with E-state index in [0.717, 1.165) is 5.56 Å². The molecule has 126 valence electrons. The third-order valence-electron chi connectivity index (χ3n) is 3.67. The van der Waals surface area contributed by atoms with Crippen LogP contribution in [0.2, 0.25) is 0 Å². The van der Waals surface area contributed by atoms with Crippen molar-refractivity contribution >= 4 is 11.6 Å². The number of anilines is 1. The number of benzene rings is 3. The van der Waals surface area contributed by atoms with Gasteiger partial charge in [0.05, 0.1) is 7.11 Å². The van der Waals surface area contributed by atoms with Crippen LogP contribution in [-0.2, 0) is 6.61 Å². The van der Waals surface area contributed by atoms with Crippen LogP contribution >= 0.6 is 0 Å². The van der Waals surface area contributed by atoms with Gasteiger partial charge in [0.25, 0.3) is 5.91 Å². The number of ether oxygens (including phenoxy) is 2. The van der Waals surface area contributed by atoms with Gasteiger partial charge in [-0.15, -0.1) is 0 Å². The van der Waals surface area contributed by atoms with Crippen molar-refractivity contribution in [2.45, 2.75) is 6.61 Å². The molecule has 0 unspecified atom stereocenters. The van der Waals surface area contributed by atoms with E-state index in [2.05, 4.69) is 5.32 Å². The first-order valence-corrected chi connectivity index (χ1v) is 7.97. The smallest absolute Gasteiger partial charge is 0.255 e. The summed E-state index contributed by atoms with van der Waals surface area (Å²) in [6, 6.07) is 24.3. The minimum Gasteiger partial charge on any atom is -0.497 e. The van der Waals surface area contributed by atoms with E-state index in [1.54, 1.807) is 31.4 Å². The number of nitrogens with one attached hydrogen (secondary N) is 1. The van der Waals surface area contributed by atoms with Crippen LogP contribution in [0.1, 0.15) is 15.9 Å². The average Bonchev–Trinajstić information content (AvgIpc) is 2.67. The lowest BCUT2D eigenvalue weighted by molar-refractivity contribution is 0.102. The van der Waals surface area contributed by atoms with Gasteiger partial charge in [-0.2, -0.15) is 0 Å². The Morgan fingerprint density at radius 1 is 0.880 bits per heavy atom. The third-order valence-corrected chi connectivity index (χ3v) is 3.67. The van der Waals surface area contributed by atoms with Crippen molar-refractivity contribution in [1.29, 1.82) is 0 Å². The highest BCUT2D eigenvalue weighted by atomic mass is 16.5. The zero-order valence-electron chi connectivity index (χ0n) is 13.9. The minimum absolute atomic E-state index is 0.196. The first-order valence-electron chi connectivity index (χ1n) is 7.97. The topological polar surface area (TPSA) is 47.6 Å². The van der Waals surface area contributed by atoms with Gasteiger partial charge in [-0.3, -0.25) is 4.79 Å². The Balaban J connectivity index is 1.66. The van der Waals surface area contributed by atoms with Crippen LogP contribution in [0, 0.1) is 0 Å². The van der Waals surface area contributed by atoms with E-state index in [9.17, 15) is 4.79 Å². The molecule has 0 heterocycles. The maximum absolute atomic E-state index is 12.4. The summed E-state index contributed by atoms with van der Waals surface area (Å²) in [5.41, 5.74) is 2.29. The number of carbonyl (C=O) groups excluding carboxylic acids is 1. The van der Waals surface area contributed by atoms with Gasteiger partial charge >= 0.3 is 0 Å². The fourth-order valence-corrected chi connectivity index (χ4v) is 2.37. The van der Waals surface area contributed by atoms with Gasteiger partial charge in [0.1, 0.15) is 18.1 Å². The van der Waals surface area contributed by atoms with Crippen LogP contribution < -0.4 is 14.8 Å². The number of carbonyl (C=O) groups is 1. The molecule has 0 radical (unpaired) electrons. The van der Waals surface area contributed by atoms with E-state index in [1.807, 2.05) is 54.6 Å². The molecule has 25 heavy (non-hydrogen) atoms. The van der Waals surface area contributed by atoms with Gasteiger partial charge in [-0.1, -0.05) is 42.5 Å². The Morgan fingerprint density at radius 2 is 1.64 bits per heavy atom. The van der Waals surface area contributed by atoms with Crippen molar-refractivity contribution in [2.75, 3.05) is 12.4 Å². The predicted molar refractivity (Wildman–Crippen MR) is 98.2 cm³/mol. The van der Waals surface area contributed by atoms with E-state index in [1.165, 1.54) is 0 Å². The molecule has 1 N–H and O–H groups in total. The first kappa shape index (κ1) is 16.6. The Labute approximate surface area is 147 Å². The molecule has 3 aromatic rings. The van der Waals surface area contributed by atoms with Gasteiger partial charge < -0.3 is 14.8 Å². The number of hydrogen-bond acceptors (Lipinski definition) is 3. The van der Waals surface area contributed by atoms with Crippen LogP contribution in [0.25, 0.3) is 0 Å². The summed E-state index contributed by atoms with van der Waals surface area (Å²) in [5, 5.41) is 2.86. The molecule has 3 rings (SSSR count). The normalized spacial score (nSPS) is 10.1. The van der Waals surface area contributed by atoms with E-state index in [-0.39, 0.29) is 5.91 Å². The Kier molecular flexibility index (Phi) is 5.32. The van der Waals surface area contributed by atoms with E-state index < -0.39 is 0 Å². The fourth-order valence-electron chi connectivity index (χ4n) is 2.37. The van der Waals surface area contributed by atoms with Crippen LogP contribution in [0.5, 0.6) is 11.5 Å². The molecule has 0 aliphatic heterocycles. The zero-order valence-corrected chi connectivity index (χ0v) is 13.9. The average molecular weight is 333 g/mol. The predicted octanol–water partition coefficient (Wildman–Crippen LogP) is 4.53. The lowest BCUT2D eigenvalue weighted by Crippen LogP contribution is -2.12. The second-order valence-corrected chi connectivity index (χ2v) is 5.49. The first-order chi connectivity index (χ1) is 12.2. The summed E-state index contributed by atoms with van der Waals surface area (Å²) in [7, 11) is 1.59. The Bertz CT molecular complexity index is 847. The number of hydrogen-bond donors (Lipinski definition) is 1. The molecule has 0 spiro atoms. The SMILES string of the molecule is COc1cccc(NC(=O)c2cccc(OCc3ccccc3)c2)c1. The van der Waals surface area contributed by atoms with Crippen molar-refractivity contribution in [3.05, 3.63) is 90.0 Å². The molecule has 0 aliphatic rings. The van der Waals surface area contributed by atoms with Crippen molar-refractivity contribution in [2.24, 2.45) is 0 Å². The minimum atomic E-state index is -0.196. The largest absolute Gasteiger partial charge is 0.497 e. The molecular weight excluding hydrogens is 314 g/mol. The van der Waals surface area contributed by atoms with Gasteiger partial charge in [0.15, 0.2) is 0 Å². The molecule has 0 aromatic heterocycles. The number of rotatable bonds is 6. The highest BCUT2D eigenvalue weighted by Crippen LogP contribution is 2.19.